The van der Waals surface area contributed by atoms with Gasteiger partial charge in [0.1, 0.15) is 18.1 Å². The first-order chi connectivity index (χ1) is 13.8. The number of carbonyl (C=O) groups excluding carboxylic acids is 4. The van der Waals surface area contributed by atoms with Crippen LogP contribution in [0.4, 0.5) is 4.79 Å². The monoisotopic (exact) mass is 401 g/mol. The van der Waals surface area contributed by atoms with Crippen LogP contribution in [0.2, 0.25) is 0 Å². The average Bonchev–Trinajstić information content (AvgIpc) is 2.96. The summed E-state index contributed by atoms with van der Waals surface area (Å²) in [6, 6.07) is 6.13. The summed E-state index contributed by atoms with van der Waals surface area (Å²) in [6.45, 7) is 3.27. The summed E-state index contributed by atoms with van der Waals surface area (Å²) in [4.78, 5) is 51.3. The number of methoxy groups -OCH3 is 1. The second kappa shape index (κ2) is 8.23. The van der Waals surface area contributed by atoms with Gasteiger partial charge in [-0.1, -0.05) is 44.5 Å². The SMILES string of the molecule is CC[C@H](C)[C@H](NC(=O)CN1C(=O)N[C@]2(CCCc3ccccc32)C1=O)C(=O)OC. The minimum Gasteiger partial charge on any atom is -0.467 e. The van der Waals surface area contributed by atoms with Crippen molar-refractivity contribution in [2.24, 2.45) is 5.92 Å². The Bertz CT molecular complexity index is 839. The Labute approximate surface area is 170 Å². The molecule has 4 amide bonds. The van der Waals surface area contributed by atoms with Crippen LogP contribution in [0, 0.1) is 5.92 Å². The summed E-state index contributed by atoms with van der Waals surface area (Å²) in [7, 11) is 1.26. The number of aryl methyl sites for hydroxylation is 1. The van der Waals surface area contributed by atoms with E-state index in [0.29, 0.717) is 12.8 Å². The highest BCUT2D eigenvalue weighted by atomic mass is 16.5. The first-order valence-electron chi connectivity index (χ1n) is 9.93. The average molecular weight is 401 g/mol. The largest absolute Gasteiger partial charge is 0.467 e. The molecule has 156 valence electrons. The molecule has 0 bridgehead atoms. The van der Waals surface area contributed by atoms with Crippen molar-refractivity contribution in [2.45, 2.75) is 51.1 Å². The van der Waals surface area contributed by atoms with Gasteiger partial charge in [-0.05, 0) is 36.3 Å². The molecule has 8 nitrogen and oxygen atoms in total. The van der Waals surface area contributed by atoms with Gasteiger partial charge >= 0.3 is 12.0 Å². The van der Waals surface area contributed by atoms with E-state index < -0.39 is 41.9 Å². The standard InChI is InChI=1S/C21H27N3O5/c1-4-13(2)17(18(26)29-3)22-16(25)12-24-19(27)21(23-20(24)28)11-7-9-14-8-5-6-10-15(14)21/h5-6,8,10,13,17H,4,7,9,11-12H2,1-3H3,(H,22,25)(H,23,28)/t13-,17-,21-/m0/s1. The zero-order chi connectivity index (χ0) is 21.2. The second-order valence-corrected chi connectivity index (χ2v) is 7.69. The maximum Gasteiger partial charge on any atom is 0.328 e. The summed E-state index contributed by atoms with van der Waals surface area (Å²) in [5.74, 6) is -1.71. The number of benzene rings is 1. The van der Waals surface area contributed by atoms with E-state index in [9.17, 15) is 19.2 Å². The third kappa shape index (κ3) is 3.71. The lowest BCUT2D eigenvalue weighted by atomic mass is 9.76. The third-order valence-electron chi connectivity index (χ3n) is 5.94. The van der Waals surface area contributed by atoms with Gasteiger partial charge in [-0.15, -0.1) is 0 Å². The van der Waals surface area contributed by atoms with Gasteiger partial charge in [-0.25, -0.2) is 9.59 Å². The van der Waals surface area contributed by atoms with Crippen molar-refractivity contribution in [1.82, 2.24) is 15.5 Å². The van der Waals surface area contributed by atoms with Crippen LogP contribution >= 0.6 is 0 Å². The first-order valence-corrected chi connectivity index (χ1v) is 9.93. The fourth-order valence-electron chi connectivity index (χ4n) is 4.11. The summed E-state index contributed by atoms with van der Waals surface area (Å²) >= 11 is 0. The number of imide groups is 1. The van der Waals surface area contributed by atoms with E-state index in [1.807, 2.05) is 38.1 Å². The van der Waals surface area contributed by atoms with Gasteiger partial charge in [0.2, 0.25) is 5.91 Å². The van der Waals surface area contributed by atoms with Gasteiger partial charge in [0.05, 0.1) is 7.11 Å². The minimum absolute atomic E-state index is 0.147. The summed E-state index contributed by atoms with van der Waals surface area (Å²) in [5, 5.41) is 5.43. The Morgan fingerprint density at radius 2 is 2.03 bits per heavy atom. The van der Waals surface area contributed by atoms with E-state index in [-0.39, 0.29) is 5.92 Å². The number of esters is 1. The Morgan fingerprint density at radius 1 is 1.31 bits per heavy atom. The number of rotatable bonds is 6. The molecule has 1 fully saturated rings. The highest BCUT2D eigenvalue weighted by Crippen LogP contribution is 2.39. The van der Waals surface area contributed by atoms with Crippen LogP contribution in [0.5, 0.6) is 0 Å². The molecule has 29 heavy (non-hydrogen) atoms. The van der Waals surface area contributed by atoms with Crippen LogP contribution in [-0.4, -0.2) is 48.4 Å². The molecule has 8 heteroatoms. The lowest BCUT2D eigenvalue weighted by Crippen LogP contribution is -2.50. The van der Waals surface area contributed by atoms with Crippen molar-refractivity contribution in [1.29, 1.82) is 0 Å². The Hall–Kier alpha value is -2.90. The molecule has 1 saturated heterocycles. The molecule has 1 aliphatic heterocycles. The minimum atomic E-state index is -1.12. The van der Waals surface area contributed by atoms with Crippen LogP contribution in [0.1, 0.15) is 44.2 Å². The van der Waals surface area contributed by atoms with Gasteiger partial charge in [-0.3, -0.25) is 14.5 Å². The molecule has 2 aliphatic rings. The molecule has 0 saturated carbocycles. The molecule has 1 aromatic carbocycles. The van der Waals surface area contributed by atoms with Crippen molar-refractivity contribution in [3.8, 4) is 0 Å². The van der Waals surface area contributed by atoms with Crippen LogP contribution in [-0.2, 0) is 31.1 Å². The number of nitrogens with zero attached hydrogens (tertiary/aromatic N) is 1. The molecule has 1 aromatic rings. The van der Waals surface area contributed by atoms with Crippen molar-refractivity contribution in [3.05, 3.63) is 35.4 Å². The van der Waals surface area contributed by atoms with E-state index in [0.717, 1.165) is 28.9 Å². The van der Waals surface area contributed by atoms with E-state index in [1.165, 1.54) is 7.11 Å². The molecule has 2 N–H and O–H groups in total. The molecule has 0 radical (unpaired) electrons. The second-order valence-electron chi connectivity index (χ2n) is 7.69. The number of amides is 4. The van der Waals surface area contributed by atoms with Crippen molar-refractivity contribution >= 4 is 23.8 Å². The topological polar surface area (TPSA) is 105 Å². The van der Waals surface area contributed by atoms with Crippen molar-refractivity contribution in [3.63, 3.8) is 0 Å². The van der Waals surface area contributed by atoms with E-state index in [1.54, 1.807) is 0 Å². The number of carbonyl (C=O) groups is 4. The predicted octanol–water partition coefficient (Wildman–Crippen LogP) is 1.47. The molecule has 0 unspecified atom stereocenters. The smallest absolute Gasteiger partial charge is 0.328 e. The predicted molar refractivity (Wildman–Crippen MR) is 105 cm³/mol. The van der Waals surface area contributed by atoms with Gasteiger partial charge in [0, 0.05) is 0 Å². The summed E-state index contributed by atoms with van der Waals surface area (Å²) in [6.07, 6.45) is 2.76. The molecular formula is C21H27N3O5. The van der Waals surface area contributed by atoms with Crippen molar-refractivity contribution < 1.29 is 23.9 Å². The van der Waals surface area contributed by atoms with Gasteiger partial charge in [0.25, 0.3) is 5.91 Å². The number of ether oxygens (including phenoxy) is 1. The highest BCUT2D eigenvalue weighted by Gasteiger charge is 2.54. The van der Waals surface area contributed by atoms with Crippen LogP contribution in [0.25, 0.3) is 0 Å². The highest BCUT2D eigenvalue weighted by molar-refractivity contribution is 6.09. The maximum absolute atomic E-state index is 13.2. The maximum atomic E-state index is 13.2. The summed E-state index contributed by atoms with van der Waals surface area (Å²) < 4.78 is 4.76. The van der Waals surface area contributed by atoms with Gasteiger partial charge < -0.3 is 15.4 Å². The fraction of sp³-hybridized carbons (Fsp3) is 0.524. The lowest BCUT2D eigenvalue weighted by molar-refractivity contribution is -0.146. The molecule has 1 spiro atoms. The molecule has 0 aromatic heterocycles. The normalized spacial score (nSPS) is 22.7. The van der Waals surface area contributed by atoms with Crippen molar-refractivity contribution in [2.75, 3.05) is 13.7 Å². The zero-order valence-corrected chi connectivity index (χ0v) is 17.0. The van der Waals surface area contributed by atoms with Crippen LogP contribution in [0.15, 0.2) is 24.3 Å². The molecule has 3 atom stereocenters. The number of hydrogen-bond acceptors (Lipinski definition) is 5. The molecule has 1 heterocycles. The number of urea groups is 1. The number of fused-ring (bicyclic) bond motifs is 2. The molecule has 1 aliphatic carbocycles. The Morgan fingerprint density at radius 3 is 2.72 bits per heavy atom. The van der Waals surface area contributed by atoms with Gasteiger partial charge in [-0.2, -0.15) is 0 Å². The van der Waals surface area contributed by atoms with Crippen LogP contribution < -0.4 is 10.6 Å². The molecule has 3 rings (SSSR count). The zero-order valence-electron chi connectivity index (χ0n) is 17.0. The van der Waals surface area contributed by atoms with E-state index in [4.69, 9.17) is 4.74 Å². The Balaban J connectivity index is 1.78. The van der Waals surface area contributed by atoms with Crippen LogP contribution in [0.3, 0.4) is 0 Å². The summed E-state index contributed by atoms with van der Waals surface area (Å²) in [5.41, 5.74) is 0.700. The van der Waals surface area contributed by atoms with E-state index in [2.05, 4.69) is 10.6 Å². The Kier molecular flexibility index (Phi) is 5.91. The van der Waals surface area contributed by atoms with Gasteiger partial charge in [0.15, 0.2) is 0 Å². The third-order valence-corrected chi connectivity index (χ3v) is 5.94. The van der Waals surface area contributed by atoms with E-state index >= 15 is 0 Å². The molecular weight excluding hydrogens is 374 g/mol. The first kappa shape index (κ1) is 20.8. The fourth-order valence-corrected chi connectivity index (χ4v) is 4.11. The lowest BCUT2D eigenvalue weighted by Gasteiger charge is -2.33. The number of nitrogens with one attached hydrogen (secondary N) is 2. The number of hydrogen-bond donors (Lipinski definition) is 2. The quantitative estimate of drug-likeness (QED) is 0.555.